The van der Waals surface area contributed by atoms with Gasteiger partial charge < -0.3 is 14.7 Å². The molecule has 0 aromatic heterocycles. The van der Waals surface area contributed by atoms with Crippen LogP contribution in [0.5, 0.6) is 0 Å². The number of non-ortho nitro benzene ring substituents is 1. The first-order valence-electron chi connectivity index (χ1n) is 11.2. The molecule has 2 atom stereocenters. The summed E-state index contributed by atoms with van der Waals surface area (Å²) in [7, 11) is 0. The van der Waals surface area contributed by atoms with Crippen molar-refractivity contribution in [3.8, 4) is 0 Å². The molecule has 0 bridgehead atoms. The van der Waals surface area contributed by atoms with E-state index in [1.165, 1.54) is 11.3 Å². The predicted octanol–water partition coefficient (Wildman–Crippen LogP) is 3.39. The first kappa shape index (κ1) is 19.8. The topological polar surface area (TPSA) is 69.9 Å². The maximum atomic E-state index is 13.5. The maximum absolute atomic E-state index is 13.5. The van der Waals surface area contributed by atoms with Gasteiger partial charge in [0.15, 0.2) is 0 Å². The lowest BCUT2D eigenvalue weighted by Gasteiger charge is -2.50. The summed E-state index contributed by atoms with van der Waals surface area (Å²) in [5.41, 5.74) is 4.49. The quantitative estimate of drug-likeness (QED) is 0.562. The number of nitrogens with zero attached hydrogens (tertiary/aromatic N) is 4. The largest absolute Gasteiger partial charge is 0.368 e. The van der Waals surface area contributed by atoms with Gasteiger partial charge in [-0.1, -0.05) is 17.7 Å². The van der Waals surface area contributed by atoms with Crippen LogP contribution in [0.2, 0.25) is 0 Å². The third-order valence-corrected chi connectivity index (χ3v) is 7.04. The molecule has 162 valence electrons. The van der Waals surface area contributed by atoms with Gasteiger partial charge in [-0.3, -0.25) is 14.9 Å². The summed E-state index contributed by atoms with van der Waals surface area (Å²) >= 11 is 0. The highest BCUT2D eigenvalue weighted by Gasteiger charge is 2.43. The minimum absolute atomic E-state index is 0.0668. The number of nitro groups is 1. The van der Waals surface area contributed by atoms with Crippen molar-refractivity contribution in [2.75, 3.05) is 42.5 Å². The Labute approximate surface area is 182 Å². The summed E-state index contributed by atoms with van der Waals surface area (Å²) in [6.45, 7) is 6.18. The second-order valence-electron chi connectivity index (χ2n) is 8.96. The van der Waals surface area contributed by atoms with Crippen LogP contribution in [0.25, 0.3) is 0 Å². The van der Waals surface area contributed by atoms with Gasteiger partial charge in [0.1, 0.15) is 0 Å². The SMILES string of the molecule is Cc1ccc(N2CCN3c4ccc([N+](=O)[O-])cc4CC(C(=O)N4CCCC4)C3C2)cc1. The zero-order valence-corrected chi connectivity index (χ0v) is 17.9. The van der Waals surface area contributed by atoms with Crippen molar-refractivity contribution < 1.29 is 9.72 Å². The van der Waals surface area contributed by atoms with Crippen molar-refractivity contribution in [3.05, 3.63) is 63.7 Å². The average molecular weight is 421 g/mol. The van der Waals surface area contributed by atoms with Crippen LogP contribution in [-0.4, -0.2) is 54.5 Å². The Morgan fingerprint density at radius 1 is 1.03 bits per heavy atom. The lowest BCUT2D eigenvalue weighted by Crippen LogP contribution is -2.61. The molecule has 31 heavy (non-hydrogen) atoms. The van der Waals surface area contributed by atoms with Gasteiger partial charge in [0, 0.05) is 56.2 Å². The molecule has 0 radical (unpaired) electrons. The van der Waals surface area contributed by atoms with Gasteiger partial charge in [0.05, 0.1) is 16.9 Å². The van der Waals surface area contributed by atoms with Gasteiger partial charge in [-0.05, 0) is 49.9 Å². The summed E-state index contributed by atoms with van der Waals surface area (Å²) in [5.74, 6) is 0.0243. The third-order valence-electron chi connectivity index (χ3n) is 7.04. The number of piperazine rings is 1. The van der Waals surface area contributed by atoms with Gasteiger partial charge >= 0.3 is 0 Å². The summed E-state index contributed by atoms with van der Waals surface area (Å²) in [4.78, 5) is 31.2. The number of nitro benzene ring substituents is 1. The molecule has 7 heteroatoms. The molecule has 1 amide bonds. The van der Waals surface area contributed by atoms with E-state index in [4.69, 9.17) is 0 Å². The summed E-state index contributed by atoms with van der Waals surface area (Å²) < 4.78 is 0. The number of hydrogen-bond donors (Lipinski definition) is 0. The Bertz CT molecular complexity index is 1000. The van der Waals surface area contributed by atoms with E-state index in [-0.39, 0.29) is 28.5 Å². The van der Waals surface area contributed by atoms with Crippen molar-refractivity contribution in [1.82, 2.24) is 4.90 Å². The molecule has 0 aliphatic carbocycles. The molecule has 3 heterocycles. The Hall–Kier alpha value is -3.09. The van der Waals surface area contributed by atoms with Crippen LogP contribution in [0.4, 0.5) is 17.1 Å². The number of amides is 1. The first-order valence-corrected chi connectivity index (χ1v) is 11.2. The van der Waals surface area contributed by atoms with Crippen LogP contribution in [0.3, 0.4) is 0 Å². The fourth-order valence-electron chi connectivity index (χ4n) is 5.37. The highest BCUT2D eigenvalue weighted by atomic mass is 16.6. The Balaban J connectivity index is 1.49. The number of hydrogen-bond acceptors (Lipinski definition) is 5. The van der Waals surface area contributed by atoms with Crippen molar-refractivity contribution in [1.29, 1.82) is 0 Å². The van der Waals surface area contributed by atoms with Gasteiger partial charge in [-0.2, -0.15) is 0 Å². The molecule has 7 nitrogen and oxygen atoms in total. The van der Waals surface area contributed by atoms with E-state index >= 15 is 0 Å². The van der Waals surface area contributed by atoms with E-state index in [0.717, 1.165) is 56.8 Å². The highest BCUT2D eigenvalue weighted by molar-refractivity contribution is 5.83. The lowest BCUT2D eigenvalue weighted by molar-refractivity contribution is -0.384. The van der Waals surface area contributed by atoms with Gasteiger partial charge in [0.25, 0.3) is 5.69 Å². The van der Waals surface area contributed by atoms with Gasteiger partial charge in [0.2, 0.25) is 5.91 Å². The van der Waals surface area contributed by atoms with Crippen LogP contribution in [-0.2, 0) is 11.2 Å². The standard InChI is InChI=1S/C24H28N4O3/c1-17-4-6-19(7-5-17)26-12-13-27-22-9-8-20(28(30)31)14-18(22)15-21(23(27)16-26)24(29)25-10-2-3-11-25/h4-9,14,21,23H,2-3,10-13,15-16H2,1H3. The fraction of sp³-hybridized carbons (Fsp3) is 0.458. The van der Waals surface area contributed by atoms with E-state index in [1.54, 1.807) is 12.1 Å². The van der Waals surface area contributed by atoms with Gasteiger partial charge in [-0.25, -0.2) is 0 Å². The van der Waals surface area contributed by atoms with Gasteiger partial charge in [-0.15, -0.1) is 0 Å². The molecule has 2 saturated heterocycles. The van der Waals surface area contributed by atoms with Crippen molar-refractivity contribution in [2.24, 2.45) is 5.92 Å². The molecule has 2 aromatic rings. The zero-order chi connectivity index (χ0) is 21.5. The summed E-state index contributed by atoms with van der Waals surface area (Å²) in [5, 5.41) is 11.3. The first-order chi connectivity index (χ1) is 15.0. The number of aryl methyl sites for hydroxylation is 1. The van der Waals surface area contributed by atoms with Crippen LogP contribution in [0.1, 0.15) is 24.0 Å². The second-order valence-corrected chi connectivity index (χ2v) is 8.96. The Morgan fingerprint density at radius 3 is 2.48 bits per heavy atom. The molecular formula is C24H28N4O3. The van der Waals surface area contributed by atoms with E-state index in [9.17, 15) is 14.9 Å². The molecule has 0 N–H and O–H groups in total. The lowest BCUT2D eigenvalue weighted by atomic mass is 9.82. The van der Waals surface area contributed by atoms with E-state index < -0.39 is 0 Å². The molecule has 0 saturated carbocycles. The molecule has 3 aliphatic heterocycles. The Morgan fingerprint density at radius 2 is 1.77 bits per heavy atom. The number of likely N-dealkylation sites (tertiary alicyclic amines) is 1. The molecule has 0 spiro atoms. The smallest absolute Gasteiger partial charge is 0.269 e. The Kier molecular flexibility index (Phi) is 5.04. The van der Waals surface area contributed by atoms with Crippen molar-refractivity contribution >= 4 is 23.0 Å². The van der Waals surface area contributed by atoms with Crippen LogP contribution >= 0.6 is 0 Å². The molecule has 2 aromatic carbocycles. The van der Waals surface area contributed by atoms with Crippen LogP contribution in [0, 0.1) is 23.0 Å². The summed E-state index contributed by atoms with van der Waals surface area (Å²) in [6.07, 6.45) is 2.68. The molecule has 3 aliphatic rings. The van der Waals surface area contributed by atoms with Crippen molar-refractivity contribution in [3.63, 3.8) is 0 Å². The van der Waals surface area contributed by atoms with Crippen LogP contribution in [0.15, 0.2) is 42.5 Å². The molecule has 5 rings (SSSR count). The summed E-state index contributed by atoms with van der Waals surface area (Å²) in [6, 6.07) is 13.8. The van der Waals surface area contributed by atoms with Crippen molar-refractivity contribution in [2.45, 2.75) is 32.2 Å². The average Bonchev–Trinajstić information content (AvgIpc) is 3.33. The number of rotatable bonds is 3. The number of carbonyl (C=O) groups excluding carboxylic acids is 1. The fourth-order valence-corrected chi connectivity index (χ4v) is 5.37. The maximum Gasteiger partial charge on any atom is 0.269 e. The zero-order valence-electron chi connectivity index (χ0n) is 17.9. The molecular weight excluding hydrogens is 392 g/mol. The number of carbonyl (C=O) groups is 1. The monoisotopic (exact) mass is 420 g/mol. The predicted molar refractivity (Wildman–Crippen MR) is 121 cm³/mol. The number of benzene rings is 2. The molecule has 2 fully saturated rings. The number of fused-ring (bicyclic) bond motifs is 3. The minimum Gasteiger partial charge on any atom is -0.368 e. The normalized spacial score (nSPS) is 22.8. The van der Waals surface area contributed by atoms with E-state index in [1.807, 2.05) is 11.0 Å². The minimum atomic E-state index is -0.348. The van der Waals surface area contributed by atoms with Crippen LogP contribution < -0.4 is 9.80 Å². The van der Waals surface area contributed by atoms with E-state index in [2.05, 4.69) is 41.0 Å². The number of anilines is 2. The van der Waals surface area contributed by atoms with E-state index in [0.29, 0.717) is 6.42 Å². The molecule has 2 unspecified atom stereocenters. The second kappa shape index (κ2) is 7.87. The highest BCUT2D eigenvalue weighted by Crippen LogP contribution is 2.39. The third kappa shape index (κ3) is 3.62.